The lowest BCUT2D eigenvalue weighted by Gasteiger charge is -2.14. The van der Waals surface area contributed by atoms with Gasteiger partial charge in [0, 0.05) is 10.6 Å². The summed E-state index contributed by atoms with van der Waals surface area (Å²) in [5.41, 5.74) is 2.94. The van der Waals surface area contributed by atoms with Crippen LogP contribution in [-0.2, 0) is 11.2 Å². The molecular weight excluding hydrogens is 429 g/mol. The first-order valence-electron chi connectivity index (χ1n) is 9.06. The summed E-state index contributed by atoms with van der Waals surface area (Å²) in [6, 6.07) is 13.2. The largest absolute Gasteiger partial charge is 0.349 e. The fourth-order valence-electron chi connectivity index (χ4n) is 2.77. The van der Waals surface area contributed by atoms with Gasteiger partial charge in [-0.15, -0.1) is 10.2 Å². The number of aryl methyl sites for hydroxylation is 1. The number of hydrogen-bond acceptors (Lipinski definition) is 5. The summed E-state index contributed by atoms with van der Waals surface area (Å²) < 4.78 is 1.32. The molecule has 3 N–H and O–H groups in total. The Morgan fingerprint density at radius 2 is 1.93 bits per heavy atom. The Morgan fingerprint density at radius 1 is 1.21 bits per heavy atom. The second-order valence-electron chi connectivity index (χ2n) is 6.47. The molecule has 2 aromatic carbocycles. The highest BCUT2D eigenvalue weighted by Gasteiger charge is 2.17. The third kappa shape index (κ3) is 5.23. The lowest BCUT2D eigenvalue weighted by atomic mass is 10.1. The molecule has 9 heteroatoms. The SMILES string of the molecule is CCc1ccc(C(C)NC(=O)CSc2nnc(-c3ccc(Cl)cc3Cl)n2N)cc1. The minimum Gasteiger partial charge on any atom is -0.349 e. The second-order valence-corrected chi connectivity index (χ2v) is 8.26. The molecule has 0 spiro atoms. The number of carbonyl (C=O) groups excluding carboxylic acids is 1. The Labute approximate surface area is 183 Å². The van der Waals surface area contributed by atoms with E-state index in [-0.39, 0.29) is 17.7 Å². The highest BCUT2D eigenvalue weighted by Crippen LogP contribution is 2.30. The maximum atomic E-state index is 12.3. The van der Waals surface area contributed by atoms with Gasteiger partial charge in [-0.2, -0.15) is 0 Å². The average Bonchev–Trinajstić information content (AvgIpc) is 3.06. The molecule has 0 aliphatic heterocycles. The first kappa shape index (κ1) is 21.5. The smallest absolute Gasteiger partial charge is 0.230 e. The van der Waals surface area contributed by atoms with Gasteiger partial charge in [-0.25, -0.2) is 4.68 Å². The molecule has 0 aliphatic carbocycles. The number of nitrogens with zero attached hydrogens (tertiary/aromatic N) is 3. The third-order valence-electron chi connectivity index (χ3n) is 4.43. The van der Waals surface area contributed by atoms with Gasteiger partial charge >= 0.3 is 0 Å². The molecule has 0 saturated heterocycles. The molecule has 1 aromatic heterocycles. The molecule has 0 radical (unpaired) electrons. The van der Waals surface area contributed by atoms with Crippen LogP contribution in [0.1, 0.15) is 31.0 Å². The van der Waals surface area contributed by atoms with E-state index in [2.05, 4.69) is 34.6 Å². The number of benzene rings is 2. The van der Waals surface area contributed by atoms with E-state index >= 15 is 0 Å². The van der Waals surface area contributed by atoms with Crippen LogP contribution in [0.4, 0.5) is 0 Å². The minimum atomic E-state index is -0.115. The van der Waals surface area contributed by atoms with Crippen molar-refractivity contribution in [3.05, 3.63) is 63.6 Å². The molecule has 1 heterocycles. The van der Waals surface area contributed by atoms with E-state index in [0.717, 1.165) is 12.0 Å². The van der Waals surface area contributed by atoms with Gasteiger partial charge in [0.15, 0.2) is 5.82 Å². The first-order valence-corrected chi connectivity index (χ1v) is 10.8. The molecule has 1 atom stereocenters. The van der Waals surface area contributed by atoms with Crippen LogP contribution in [0.15, 0.2) is 47.6 Å². The van der Waals surface area contributed by atoms with Crippen LogP contribution in [-0.4, -0.2) is 26.5 Å². The number of nitrogen functional groups attached to an aromatic ring is 1. The quantitative estimate of drug-likeness (QED) is 0.409. The van der Waals surface area contributed by atoms with E-state index in [1.54, 1.807) is 18.2 Å². The summed E-state index contributed by atoms with van der Waals surface area (Å²) in [6.45, 7) is 4.06. The Morgan fingerprint density at radius 3 is 2.59 bits per heavy atom. The number of hydrogen-bond donors (Lipinski definition) is 2. The maximum absolute atomic E-state index is 12.3. The van der Waals surface area contributed by atoms with Crippen molar-refractivity contribution in [1.82, 2.24) is 20.2 Å². The number of nitrogens with two attached hydrogens (primary N) is 1. The van der Waals surface area contributed by atoms with Gasteiger partial charge in [0.25, 0.3) is 0 Å². The first-order chi connectivity index (χ1) is 13.9. The molecular formula is C20H21Cl2N5OS. The summed E-state index contributed by atoms with van der Waals surface area (Å²) in [5, 5.41) is 12.5. The van der Waals surface area contributed by atoms with E-state index in [0.29, 0.717) is 26.6 Å². The van der Waals surface area contributed by atoms with Crippen molar-refractivity contribution in [2.75, 3.05) is 11.6 Å². The van der Waals surface area contributed by atoms with Crippen LogP contribution >= 0.6 is 35.0 Å². The molecule has 3 rings (SSSR count). The number of amides is 1. The summed E-state index contributed by atoms with van der Waals surface area (Å²) >= 11 is 13.3. The lowest BCUT2D eigenvalue weighted by molar-refractivity contribution is -0.119. The van der Waals surface area contributed by atoms with Crippen molar-refractivity contribution in [3.63, 3.8) is 0 Å². The molecule has 3 aromatic rings. The number of halogens is 2. The Kier molecular flexibility index (Phi) is 7.05. The zero-order valence-electron chi connectivity index (χ0n) is 16.0. The molecule has 0 aliphatic rings. The van der Waals surface area contributed by atoms with Crippen LogP contribution < -0.4 is 11.2 Å². The highest BCUT2D eigenvalue weighted by molar-refractivity contribution is 7.99. The van der Waals surface area contributed by atoms with Crippen molar-refractivity contribution in [2.24, 2.45) is 0 Å². The zero-order valence-corrected chi connectivity index (χ0v) is 18.4. The number of aromatic nitrogens is 3. The van der Waals surface area contributed by atoms with Crippen molar-refractivity contribution in [3.8, 4) is 11.4 Å². The van der Waals surface area contributed by atoms with Crippen LogP contribution in [0.25, 0.3) is 11.4 Å². The molecule has 6 nitrogen and oxygen atoms in total. The zero-order chi connectivity index (χ0) is 21.0. The van der Waals surface area contributed by atoms with Crippen LogP contribution in [0.3, 0.4) is 0 Å². The van der Waals surface area contributed by atoms with Crippen molar-refractivity contribution in [1.29, 1.82) is 0 Å². The Hall–Kier alpha value is -2.22. The molecule has 0 fully saturated rings. The van der Waals surface area contributed by atoms with Gasteiger partial charge in [-0.3, -0.25) is 4.79 Å². The van der Waals surface area contributed by atoms with Crippen molar-refractivity contribution in [2.45, 2.75) is 31.5 Å². The number of nitrogens with one attached hydrogen (secondary N) is 1. The third-order valence-corrected chi connectivity index (χ3v) is 5.93. The second kappa shape index (κ2) is 9.52. The highest BCUT2D eigenvalue weighted by atomic mass is 35.5. The van der Waals surface area contributed by atoms with Crippen LogP contribution in [0, 0.1) is 0 Å². The van der Waals surface area contributed by atoms with E-state index in [1.165, 1.54) is 22.0 Å². The fourth-order valence-corrected chi connectivity index (χ4v) is 3.93. The number of carbonyl (C=O) groups is 1. The van der Waals surface area contributed by atoms with Gasteiger partial charge in [-0.1, -0.05) is 66.2 Å². The van der Waals surface area contributed by atoms with Crippen LogP contribution in [0.2, 0.25) is 10.0 Å². The van der Waals surface area contributed by atoms with Gasteiger partial charge in [0.1, 0.15) is 0 Å². The number of rotatable bonds is 7. The minimum absolute atomic E-state index is 0.0896. The standard InChI is InChI=1S/C20H21Cl2N5OS/c1-3-13-4-6-14(7-5-13)12(2)24-18(28)11-29-20-26-25-19(27(20)23)16-9-8-15(21)10-17(16)22/h4-10,12H,3,11,23H2,1-2H3,(H,24,28). The van der Waals surface area contributed by atoms with E-state index in [4.69, 9.17) is 29.0 Å². The summed E-state index contributed by atoms with van der Waals surface area (Å²) in [4.78, 5) is 12.3. The summed E-state index contributed by atoms with van der Waals surface area (Å²) in [6.07, 6.45) is 0.987. The summed E-state index contributed by atoms with van der Waals surface area (Å²) in [5.74, 6) is 6.55. The van der Waals surface area contributed by atoms with E-state index in [9.17, 15) is 4.79 Å². The monoisotopic (exact) mass is 449 g/mol. The van der Waals surface area contributed by atoms with Gasteiger partial charge in [-0.05, 0) is 42.7 Å². The van der Waals surface area contributed by atoms with E-state index in [1.807, 2.05) is 19.1 Å². The number of thioether (sulfide) groups is 1. The van der Waals surface area contributed by atoms with Crippen molar-refractivity contribution < 1.29 is 4.79 Å². The predicted octanol–water partition coefficient (Wildman–Crippen LogP) is 4.50. The normalized spacial score (nSPS) is 12.0. The Bertz CT molecular complexity index is 1010. The Balaban J connectivity index is 1.61. The average molecular weight is 450 g/mol. The molecule has 0 bridgehead atoms. The van der Waals surface area contributed by atoms with Gasteiger partial charge in [0.05, 0.1) is 16.8 Å². The molecule has 152 valence electrons. The molecule has 1 unspecified atom stereocenters. The van der Waals surface area contributed by atoms with Gasteiger partial charge < -0.3 is 11.2 Å². The lowest BCUT2D eigenvalue weighted by Crippen LogP contribution is -2.28. The predicted molar refractivity (Wildman–Crippen MR) is 119 cm³/mol. The van der Waals surface area contributed by atoms with E-state index < -0.39 is 0 Å². The molecule has 0 saturated carbocycles. The fraction of sp³-hybridized carbons (Fsp3) is 0.250. The summed E-state index contributed by atoms with van der Waals surface area (Å²) in [7, 11) is 0. The topological polar surface area (TPSA) is 85.8 Å². The molecule has 29 heavy (non-hydrogen) atoms. The maximum Gasteiger partial charge on any atom is 0.230 e. The van der Waals surface area contributed by atoms with Crippen LogP contribution in [0.5, 0.6) is 0 Å². The molecule has 1 amide bonds. The van der Waals surface area contributed by atoms with Gasteiger partial charge in [0.2, 0.25) is 11.1 Å². The van der Waals surface area contributed by atoms with Crippen molar-refractivity contribution >= 4 is 40.9 Å².